The van der Waals surface area contributed by atoms with Crippen LogP contribution in [0.2, 0.25) is 0 Å². The Labute approximate surface area is 81.3 Å². The van der Waals surface area contributed by atoms with Crippen molar-refractivity contribution in [1.82, 2.24) is 0 Å². The summed E-state index contributed by atoms with van der Waals surface area (Å²) in [6, 6.07) is 0. The Balaban J connectivity index is 0.000001000. The Bertz CT molecular complexity index is 163. The van der Waals surface area contributed by atoms with Gasteiger partial charge in [0.05, 0.1) is 6.61 Å². The predicted octanol–water partition coefficient (Wildman–Crippen LogP) is 0.502. The summed E-state index contributed by atoms with van der Waals surface area (Å²) >= 11 is 0. The monoisotopic (exact) mass is 339 g/mol. The maximum atomic E-state index is 10.7. The van der Waals surface area contributed by atoms with Gasteiger partial charge >= 0.3 is 5.97 Å². The summed E-state index contributed by atoms with van der Waals surface area (Å²) in [4.78, 5) is 10.7. The van der Waals surface area contributed by atoms with Gasteiger partial charge < -0.3 is 9.47 Å². The van der Waals surface area contributed by atoms with E-state index in [-0.39, 0.29) is 34.5 Å². The molecule has 1 radical (unpaired) electrons. The van der Waals surface area contributed by atoms with Crippen LogP contribution in [0.25, 0.3) is 0 Å². The normalized spacial score (nSPS) is 19.9. The number of hydrogen-bond donors (Lipinski definition) is 0. The Morgan fingerprint density at radius 1 is 1.82 bits per heavy atom. The second-order valence-corrected chi connectivity index (χ2v) is 2.33. The van der Waals surface area contributed by atoms with Crippen molar-refractivity contribution in [3.63, 3.8) is 0 Å². The fourth-order valence-corrected chi connectivity index (χ4v) is 0.456. The molecule has 0 aliphatic carbocycles. The van der Waals surface area contributed by atoms with E-state index < -0.39 is 0 Å². The van der Waals surface area contributed by atoms with Crippen molar-refractivity contribution in [3.8, 4) is 0 Å². The summed E-state index contributed by atoms with van der Waals surface area (Å²) in [5.74, 6) is -0.337. The van der Waals surface area contributed by atoms with Crippen molar-refractivity contribution in [3.05, 3.63) is 12.2 Å². The van der Waals surface area contributed by atoms with Gasteiger partial charge in [0.25, 0.3) is 0 Å². The average Bonchev–Trinajstić information content (AvgIpc) is 2.64. The zero-order valence-electron chi connectivity index (χ0n) is 6.22. The maximum Gasteiger partial charge on any atom is 0.333 e. The summed E-state index contributed by atoms with van der Waals surface area (Å²) < 4.78 is 9.60. The smallest absolute Gasteiger partial charge is 0.333 e. The largest absolute Gasteiger partial charge is 0.459 e. The third-order valence-electron chi connectivity index (χ3n) is 1.15. The number of epoxide rings is 1. The molecule has 1 unspecified atom stereocenters. The third-order valence-corrected chi connectivity index (χ3v) is 1.15. The minimum Gasteiger partial charge on any atom is -0.459 e. The van der Waals surface area contributed by atoms with E-state index in [2.05, 4.69) is 6.58 Å². The van der Waals surface area contributed by atoms with Gasteiger partial charge in [-0.25, -0.2) is 4.79 Å². The third kappa shape index (κ3) is 4.37. The molecule has 1 aliphatic heterocycles. The molecule has 1 heterocycles. The molecule has 1 saturated heterocycles. The molecule has 1 fully saturated rings. The quantitative estimate of drug-likeness (QED) is 0.325. The van der Waals surface area contributed by atoms with Crippen LogP contribution in [0, 0.1) is 0 Å². The van der Waals surface area contributed by atoms with E-state index in [1.807, 2.05) is 0 Å². The summed E-state index contributed by atoms with van der Waals surface area (Å²) in [6.07, 6.45) is 0.142. The molecule has 3 nitrogen and oxygen atoms in total. The van der Waals surface area contributed by atoms with Gasteiger partial charge in [0.2, 0.25) is 0 Å². The van der Waals surface area contributed by atoms with Crippen LogP contribution in [0.3, 0.4) is 0 Å². The number of rotatable bonds is 3. The van der Waals surface area contributed by atoms with Gasteiger partial charge in [-0.05, 0) is 6.92 Å². The molecule has 1 atom stereocenters. The molecular formula is C7H10AuO3. The maximum absolute atomic E-state index is 10.7. The average molecular weight is 339 g/mol. The number of carbonyl (C=O) groups excluding carboxylic acids is 1. The van der Waals surface area contributed by atoms with Crippen molar-refractivity contribution in [1.29, 1.82) is 0 Å². The molecule has 0 aromatic rings. The Kier molecular flexibility index (Phi) is 4.68. The Hall–Kier alpha value is -0.0897. The second-order valence-electron chi connectivity index (χ2n) is 2.33. The van der Waals surface area contributed by atoms with E-state index in [1.54, 1.807) is 6.92 Å². The molecular weight excluding hydrogens is 329 g/mol. The Morgan fingerprint density at radius 3 is 2.73 bits per heavy atom. The molecule has 0 bridgehead atoms. The number of carbonyl (C=O) groups is 1. The van der Waals surface area contributed by atoms with E-state index in [0.29, 0.717) is 18.8 Å². The van der Waals surface area contributed by atoms with Crippen LogP contribution < -0.4 is 0 Å². The molecule has 4 heteroatoms. The molecule has 0 spiro atoms. The van der Waals surface area contributed by atoms with E-state index >= 15 is 0 Å². The topological polar surface area (TPSA) is 38.8 Å². The standard InChI is InChI=1S/C7H10O3.Au/c1-5(2)7(8)10-4-6-3-9-6;/h6H,1,3-4H2,2H3;. The van der Waals surface area contributed by atoms with E-state index in [1.165, 1.54) is 0 Å². The number of esters is 1. The molecule has 11 heavy (non-hydrogen) atoms. The van der Waals surface area contributed by atoms with Crippen molar-refractivity contribution < 1.29 is 36.6 Å². The fraction of sp³-hybridized carbons (Fsp3) is 0.571. The minimum atomic E-state index is -0.337. The van der Waals surface area contributed by atoms with Gasteiger partial charge in [-0.2, -0.15) is 0 Å². The molecule has 0 aromatic carbocycles. The molecule has 1 aliphatic rings. The van der Waals surface area contributed by atoms with Gasteiger partial charge in [-0.1, -0.05) is 6.58 Å². The van der Waals surface area contributed by atoms with Crippen LogP contribution in [-0.4, -0.2) is 25.3 Å². The Morgan fingerprint density at radius 2 is 2.36 bits per heavy atom. The first-order valence-electron chi connectivity index (χ1n) is 3.14. The van der Waals surface area contributed by atoms with Gasteiger partial charge in [0.1, 0.15) is 12.7 Å². The molecule has 0 N–H and O–H groups in total. The van der Waals surface area contributed by atoms with Crippen LogP contribution in [-0.2, 0) is 36.6 Å². The van der Waals surface area contributed by atoms with Gasteiger partial charge in [0.15, 0.2) is 0 Å². The predicted molar refractivity (Wildman–Crippen MR) is 35.5 cm³/mol. The van der Waals surface area contributed by atoms with Crippen molar-refractivity contribution >= 4 is 5.97 Å². The van der Waals surface area contributed by atoms with Crippen molar-refractivity contribution in [2.24, 2.45) is 0 Å². The molecule has 67 valence electrons. The molecule has 0 saturated carbocycles. The van der Waals surface area contributed by atoms with Crippen LogP contribution in [0.5, 0.6) is 0 Å². The minimum absolute atomic E-state index is 0. The van der Waals surface area contributed by atoms with E-state index in [0.717, 1.165) is 0 Å². The number of ether oxygens (including phenoxy) is 2. The van der Waals surface area contributed by atoms with Crippen LogP contribution >= 0.6 is 0 Å². The summed E-state index contributed by atoms with van der Waals surface area (Å²) in [5, 5.41) is 0. The van der Waals surface area contributed by atoms with Gasteiger partial charge in [0, 0.05) is 28.0 Å². The summed E-state index contributed by atoms with van der Waals surface area (Å²) in [6.45, 7) is 6.14. The summed E-state index contributed by atoms with van der Waals surface area (Å²) in [5.41, 5.74) is 0.431. The molecule has 0 amide bonds. The van der Waals surface area contributed by atoms with Crippen molar-refractivity contribution in [2.45, 2.75) is 13.0 Å². The zero-order chi connectivity index (χ0) is 7.56. The first-order valence-corrected chi connectivity index (χ1v) is 3.14. The van der Waals surface area contributed by atoms with E-state index in [9.17, 15) is 4.79 Å². The van der Waals surface area contributed by atoms with Gasteiger partial charge in [-0.15, -0.1) is 0 Å². The zero-order valence-corrected chi connectivity index (χ0v) is 8.39. The summed E-state index contributed by atoms with van der Waals surface area (Å²) in [7, 11) is 0. The van der Waals surface area contributed by atoms with Gasteiger partial charge in [-0.3, -0.25) is 0 Å². The van der Waals surface area contributed by atoms with Crippen molar-refractivity contribution in [2.75, 3.05) is 13.2 Å². The van der Waals surface area contributed by atoms with Crippen LogP contribution in [0.4, 0.5) is 0 Å². The first kappa shape index (κ1) is 10.9. The number of hydrogen-bond acceptors (Lipinski definition) is 3. The molecule has 1 rings (SSSR count). The van der Waals surface area contributed by atoms with Crippen LogP contribution in [0.15, 0.2) is 12.2 Å². The SMILES string of the molecule is C=C(C)C(=O)OCC1CO1.[Au]. The fourth-order valence-electron chi connectivity index (χ4n) is 0.456. The first-order chi connectivity index (χ1) is 4.70. The van der Waals surface area contributed by atoms with Crippen LogP contribution in [0.1, 0.15) is 6.92 Å². The molecule has 0 aromatic heterocycles. The van der Waals surface area contributed by atoms with E-state index in [4.69, 9.17) is 9.47 Å². The second kappa shape index (κ2) is 4.72.